The summed E-state index contributed by atoms with van der Waals surface area (Å²) in [5.74, 6) is 0.516. The van der Waals surface area contributed by atoms with Gasteiger partial charge in [-0.1, -0.05) is 48.6 Å². The van der Waals surface area contributed by atoms with Gasteiger partial charge in [0.1, 0.15) is 12.4 Å². The number of nitrogens with one attached hydrogen (secondary N) is 1. The minimum absolute atomic E-state index is 0.237. The quantitative estimate of drug-likeness (QED) is 0.792. The number of amides is 1. The Morgan fingerprint density at radius 1 is 1.17 bits per heavy atom. The van der Waals surface area contributed by atoms with Crippen molar-refractivity contribution in [3.05, 3.63) is 71.3 Å². The first-order valence-electron chi connectivity index (χ1n) is 7.47. The van der Waals surface area contributed by atoms with E-state index in [1.807, 2.05) is 36.4 Å². The lowest BCUT2D eigenvalue weighted by Gasteiger charge is -2.06. The van der Waals surface area contributed by atoms with Gasteiger partial charge >= 0.3 is 6.09 Å². The predicted octanol–water partition coefficient (Wildman–Crippen LogP) is 3.45. The maximum Gasteiger partial charge on any atom is 0.407 e. The van der Waals surface area contributed by atoms with E-state index >= 15 is 0 Å². The van der Waals surface area contributed by atoms with Gasteiger partial charge < -0.3 is 14.8 Å². The Balaban J connectivity index is 1.77. The Bertz CT molecular complexity index is 711. The molecule has 0 saturated heterocycles. The average Bonchev–Trinajstić information content (AvgIpc) is 2.64. The Morgan fingerprint density at radius 2 is 1.96 bits per heavy atom. The molecule has 0 aliphatic carbocycles. The fourth-order valence-electron chi connectivity index (χ4n) is 2.04. The molecule has 24 heavy (non-hydrogen) atoms. The third kappa shape index (κ3) is 5.28. The van der Waals surface area contributed by atoms with E-state index in [0.29, 0.717) is 17.9 Å². The fourth-order valence-corrected chi connectivity index (χ4v) is 2.04. The van der Waals surface area contributed by atoms with E-state index in [4.69, 9.17) is 9.47 Å². The lowest BCUT2D eigenvalue weighted by Crippen LogP contribution is -2.24. The van der Waals surface area contributed by atoms with E-state index in [1.165, 1.54) is 7.11 Å². The number of benzene rings is 2. The minimum Gasteiger partial charge on any atom is -0.496 e. The van der Waals surface area contributed by atoms with Gasteiger partial charge in [0.05, 0.1) is 12.7 Å². The number of ether oxygens (including phenoxy) is 2. The summed E-state index contributed by atoms with van der Waals surface area (Å²) in [5.41, 5.74) is 2.31. The molecule has 124 valence electrons. The van der Waals surface area contributed by atoms with Crippen LogP contribution in [0.4, 0.5) is 4.79 Å². The highest BCUT2D eigenvalue weighted by atomic mass is 16.5. The number of hydrogen-bond donors (Lipinski definition) is 1. The zero-order valence-electron chi connectivity index (χ0n) is 13.4. The number of methoxy groups -OCH3 is 1. The summed E-state index contributed by atoms with van der Waals surface area (Å²) in [6.45, 7) is 0.576. The molecule has 0 atom stereocenters. The van der Waals surface area contributed by atoms with Gasteiger partial charge in [-0.05, 0) is 23.3 Å². The summed E-state index contributed by atoms with van der Waals surface area (Å²) in [6, 6.07) is 14.7. The molecule has 2 rings (SSSR count). The molecule has 0 aliphatic rings. The number of rotatable bonds is 7. The van der Waals surface area contributed by atoms with Gasteiger partial charge in [0, 0.05) is 6.54 Å². The molecule has 1 N–H and O–H groups in total. The Labute approximate surface area is 140 Å². The van der Waals surface area contributed by atoms with E-state index in [1.54, 1.807) is 24.3 Å². The number of carbonyl (C=O) groups is 2. The first kappa shape index (κ1) is 17.3. The second-order valence-electron chi connectivity index (χ2n) is 4.96. The third-order valence-electron chi connectivity index (χ3n) is 3.27. The van der Waals surface area contributed by atoms with E-state index in [2.05, 4.69) is 5.32 Å². The van der Waals surface area contributed by atoms with Crippen molar-refractivity contribution in [3.8, 4) is 5.75 Å². The monoisotopic (exact) mass is 325 g/mol. The molecule has 5 nitrogen and oxygen atoms in total. The van der Waals surface area contributed by atoms with Crippen LogP contribution in [0.25, 0.3) is 6.08 Å². The maximum absolute atomic E-state index is 11.6. The molecule has 2 aromatic rings. The molecule has 0 unspecified atom stereocenters. The van der Waals surface area contributed by atoms with Crippen molar-refractivity contribution in [2.24, 2.45) is 0 Å². The number of hydrogen-bond acceptors (Lipinski definition) is 4. The number of carbonyl (C=O) groups excluding carboxylic acids is 2. The lowest BCUT2D eigenvalue weighted by molar-refractivity contribution is 0.112. The third-order valence-corrected chi connectivity index (χ3v) is 3.27. The van der Waals surface area contributed by atoms with Crippen LogP contribution in [0.15, 0.2) is 54.6 Å². The molecule has 2 aromatic carbocycles. The van der Waals surface area contributed by atoms with Crippen molar-refractivity contribution >= 4 is 18.5 Å². The van der Waals surface area contributed by atoms with Crippen LogP contribution >= 0.6 is 0 Å². The Morgan fingerprint density at radius 3 is 2.67 bits per heavy atom. The van der Waals surface area contributed by atoms with Crippen molar-refractivity contribution in [1.29, 1.82) is 0 Å². The highest BCUT2D eigenvalue weighted by molar-refractivity contribution is 5.80. The Kier molecular flexibility index (Phi) is 6.58. The smallest absolute Gasteiger partial charge is 0.407 e. The molecular formula is C19H19NO4. The zero-order chi connectivity index (χ0) is 17.2. The molecule has 5 heteroatoms. The van der Waals surface area contributed by atoms with E-state index < -0.39 is 6.09 Å². The Hall–Kier alpha value is -3.08. The van der Waals surface area contributed by atoms with E-state index in [9.17, 15) is 9.59 Å². The van der Waals surface area contributed by atoms with Gasteiger partial charge in [-0.3, -0.25) is 4.79 Å². The predicted molar refractivity (Wildman–Crippen MR) is 92.0 cm³/mol. The molecule has 0 saturated carbocycles. The summed E-state index contributed by atoms with van der Waals surface area (Å²) in [5, 5.41) is 2.64. The highest BCUT2D eigenvalue weighted by Crippen LogP contribution is 2.19. The van der Waals surface area contributed by atoms with Crippen LogP contribution in [-0.2, 0) is 11.3 Å². The molecule has 0 spiro atoms. The summed E-state index contributed by atoms with van der Waals surface area (Å²) >= 11 is 0. The molecule has 0 bridgehead atoms. The molecule has 0 aliphatic heterocycles. The number of aldehydes is 1. The van der Waals surface area contributed by atoms with Gasteiger partial charge in [0.2, 0.25) is 0 Å². The largest absolute Gasteiger partial charge is 0.496 e. The molecule has 1 amide bonds. The van der Waals surface area contributed by atoms with Crippen LogP contribution in [0.5, 0.6) is 5.75 Å². The first-order chi connectivity index (χ1) is 11.7. The normalized spacial score (nSPS) is 10.4. The summed E-state index contributed by atoms with van der Waals surface area (Å²) in [7, 11) is 1.51. The summed E-state index contributed by atoms with van der Waals surface area (Å²) in [4.78, 5) is 22.4. The lowest BCUT2D eigenvalue weighted by atomic mass is 10.1. The van der Waals surface area contributed by atoms with E-state index in [0.717, 1.165) is 17.4 Å². The van der Waals surface area contributed by atoms with Gasteiger partial charge in [-0.25, -0.2) is 4.79 Å². The molecular weight excluding hydrogens is 306 g/mol. The number of alkyl carbamates (subject to hydrolysis) is 1. The van der Waals surface area contributed by atoms with Crippen LogP contribution < -0.4 is 10.1 Å². The highest BCUT2D eigenvalue weighted by Gasteiger charge is 2.02. The van der Waals surface area contributed by atoms with Crippen LogP contribution in [0, 0.1) is 0 Å². The van der Waals surface area contributed by atoms with Crippen molar-refractivity contribution < 1.29 is 19.1 Å². The van der Waals surface area contributed by atoms with Crippen molar-refractivity contribution in [1.82, 2.24) is 5.32 Å². The van der Waals surface area contributed by atoms with Crippen molar-refractivity contribution in [2.45, 2.75) is 6.61 Å². The van der Waals surface area contributed by atoms with Gasteiger partial charge in [0.25, 0.3) is 0 Å². The van der Waals surface area contributed by atoms with Crippen LogP contribution in [-0.4, -0.2) is 26.0 Å². The van der Waals surface area contributed by atoms with E-state index in [-0.39, 0.29) is 6.61 Å². The molecule has 0 aromatic heterocycles. The van der Waals surface area contributed by atoms with Gasteiger partial charge in [-0.15, -0.1) is 0 Å². The molecule has 0 fully saturated rings. The first-order valence-corrected chi connectivity index (χ1v) is 7.47. The maximum atomic E-state index is 11.6. The standard InChI is InChI=1S/C19H19NO4/c1-23-18-12-15(9-10-17(18)13-21)8-5-11-20-19(22)24-14-16-6-3-2-4-7-16/h2-10,12-13H,11,14H2,1H3,(H,20,22). The van der Waals surface area contributed by atoms with Crippen LogP contribution in [0.2, 0.25) is 0 Å². The van der Waals surface area contributed by atoms with Crippen molar-refractivity contribution in [2.75, 3.05) is 13.7 Å². The summed E-state index contributed by atoms with van der Waals surface area (Å²) in [6.07, 6.45) is 3.89. The second kappa shape index (κ2) is 9.15. The second-order valence-corrected chi connectivity index (χ2v) is 4.96. The zero-order valence-corrected chi connectivity index (χ0v) is 13.4. The summed E-state index contributed by atoms with van der Waals surface area (Å²) < 4.78 is 10.2. The van der Waals surface area contributed by atoms with Gasteiger partial charge in [-0.2, -0.15) is 0 Å². The fraction of sp³-hybridized carbons (Fsp3) is 0.158. The van der Waals surface area contributed by atoms with Crippen molar-refractivity contribution in [3.63, 3.8) is 0 Å². The van der Waals surface area contributed by atoms with Crippen LogP contribution in [0.1, 0.15) is 21.5 Å². The van der Waals surface area contributed by atoms with Gasteiger partial charge in [0.15, 0.2) is 6.29 Å². The SMILES string of the molecule is COc1cc(C=CCNC(=O)OCc2ccccc2)ccc1C=O. The topological polar surface area (TPSA) is 64.6 Å². The minimum atomic E-state index is -0.475. The molecule has 0 radical (unpaired) electrons. The molecule has 0 heterocycles. The van der Waals surface area contributed by atoms with Crippen LogP contribution in [0.3, 0.4) is 0 Å². The average molecular weight is 325 g/mol.